The number of nitrogens with one attached hydrogen (secondary N) is 2. The lowest BCUT2D eigenvalue weighted by atomic mass is 9.86. The number of hydrogen-bond acceptors (Lipinski definition) is 3. The Labute approximate surface area is 115 Å². The van der Waals surface area contributed by atoms with Gasteiger partial charge in [0.2, 0.25) is 5.91 Å². The van der Waals surface area contributed by atoms with E-state index in [1.165, 1.54) is 0 Å². The number of amides is 1. The number of aliphatic hydroxyl groups is 1. The number of hydrogen-bond donors (Lipinski definition) is 3. The fourth-order valence-corrected chi connectivity index (χ4v) is 1.43. The third-order valence-corrected chi connectivity index (χ3v) is 3.64. The summed E-state index contributed by atoms with van der Waals surface area (Å²) in [5.41, 5.74) is 0.388. The maximum absolute atomic E-state index is 11.9. The second-order valence-corrected chi connectivity index (χ2v) is 5.90. The molecule has 0 spiro atoms. The number of carbonyl (C=O) groups is 1. The number of aryl methyl sites for hydroxylation is 1. The van der Waals surface area contributed by atoms with Gasteiger partial charge in [0.15, 0.2) is 0 Å². The van der Waals surface area contributed by atoms with E-state index in [0.717, 1.165) is 11.3 Å². The van der Waals surface area contributed by atoms with E-state index in [4.69, 9.17) is 0 Å². The number of carbonyl (C=O) groups excluding carboxylic acids is 1. The molecule has 0 aliphatic heterocycles. The van der Waals surface area contributed by atoms with Crippen LogP contribution in [0.3, 0.4) is 0 Å². The third kappa shape index (κ3) is 4.33. The fourth-order valence-electron chi connectivity index (χ4n) is 1.43. The van der Waals surface area contributed by atoms with Gasteiger partial charge in [0, 0.05) is 11.2 Å². The van der Waals surface area contributed by atoms with E-state index in [9.17, 15) is 9.90 Å². The first kappa shape index (κ1) is 15.7. The predicted octanol–water partition coefficient (Wildman–Crippen LogP) is 2.07. The molecule has 106 valence electrons. The summed E-state index contributed by atoms with van der Waals surface area (Å²) in [6, 6.07) is 7.63. The van der Waals surface area contributed by atoms with Crippen molar-refractivity contribution in [1.82, 2.24) is 5.32 Å². The monoisotopic (exact) mass is 264 g/mol. The SMILES string of the molecule is Cc1ccccc1NC(=O)CNC(C)(C)C(C)(C)O. The number of anilines is 1. The maximum Gasteiger partial charge on any atom is 0.238 e. The van der Waals surface area contributed by atoms with E-state index in [2.05, 4.69) is 10.6 Å². The van der Waals surface area contributed by atoms with Crippen molar-refractivity contribution in [2.24, 2.45) is 0 Å². The summed E-state index contributed by atoms with van der Waals surface area (Å²) in [5, 5.41) is 15.9. The Morgan fingerprint density at radius 2 is 1.79 bits per heavy atom. The average molecular weight is 264 g/mol. The van der Waals surface area contributed by atoms with E-state index < -0.39 is 11.1 Å². The molecule has 1 rings (SSSR count). The quantitative estimate of drug-likeness (QED) is 0.763. The van der Waals surface area contributed by atoms with Crippen molar-refractivity contribution < 1.29 is 9.90 Å². The van der Waals surface area contributed by atoms with Crippen LogP contribution in [0.1, 0.15) is 33.3 Å². The minimum absolute atomic E-state index is 0.119. The van der Waals surface area contributed by atoms with E-state index in [1.807, 2.05) is 45.0 Å². The first-order valence-corrected chi connectivity index (χ1v) is 6.46. The summed E-state index contributed by atoms with van der Waals surface area (Å²) < 4.78 is 0. The van der Waals surface area contributed by atoms with Crippen LogP contribution in [0, 0.1) is 6.92 Å². The Balaban J connectivity index is 2.56. The molecule has 0 aliphatic rings. The first-order valence-electron chi connectivity index (χ1n) is 6.46. The highest BCUT2D eigenvalue weighted by Crippen LogP contribution is 2.20. The van der Waals surface area contributed by atoms with Crippen molar-refractivity contribution in [2.75, 3.05) is 11.9 Å². The Bertz CT molecular complexity index is 448. The van der Waals surface area contributed by atoms with Gasteiger partial charge in [-0.25, -0.2) is 0 Å². The molecule has 4 heteroatoms. The van der Waals surface area contributed by atoms with E-state index >= 15 is 0 Å². The highest BCUT2D eigenvalue weighted by molar-refractivity contribution is 5.92. The van der Waals surface area contributed by atoms with E-state index in [-0.39, 0.29) is 12.5 Å². The van der Waals surface area contributed by atoms with Crippen molar-refractivity contribution in [3.63, 3.8) is 0 Å². The van der Waals surface area contributed by atoms with Gasteiger partial charge in [-0.15, -0.1) is 0 Å². The van der Waals surface area contributed by atoms with E-state index in [1.54, 1.807) is 13.8 Å². The molecule has 0 saturated carbocycles. The Morgan fingerprint density at radius 1 is 1.21 bits per heavy atom. The molecular formula is C15H24N2O2. The maximum atomic E-state index is 11.9. The van der Waals surface area contributed by atoms with Gasteiger partial charge in [0.1, 0.15) is 0 Å². The summed E-state index contributed by atoms with van der Waals surface area (Å²) >= 11 is 0. The molecule has 4 nitrogen and oxygen atoms in total. The molecule has 0 fully saturated rings. The van der Waals surface area contributed by atoms with Crippen LogP contribution in [0.15, 0.2) is 24.3 Å². The van der Waals surface area contributed by atoms with Crippen molar-refractivity contribution in [1.29, 1.82) is 0 Å². The van der Waals surface area contributed by atoms with Crippen LogP contribution in [0.5, 0.6) is 0 Å². The van der Waals surface area contributed by atoms with Crippen LogP contribution >= 0.6 is 0 Å². The molecule has 0 unspecified atom stereocenters. The molecule has 0 saturated heterocycles. The van der Waals surface area contributed by atoms with Gasteiger partial charge in [-0.1, -0.05) is 18.2 Å². The minimum atomic E-state index is -0.907. The zero-order chi connectivity index (χ0) is 14.7. The molecule has 1 aromatic carbocycles. The molecule has 1 aromatic rings. The summed E-state index contributed by atoms with van der Waals surface area (Å²) in [6.07, 6.45) is 0. The lowest BCUT2D eigenvalue weighted by Gasteiger charge is -2.38. The topological polar surface area (TPSA) is 61.4 Å². The highest BCUT2D eigenvalue weighted by Gasteiger charge is 2.34. The smallest absolute Gasteiger partial charge is 0.238 e. The molecule has 0 heterocycles. The van der Waals surface area contributed by atoms with Gasteiger partial charge in [0.25, 0.3) is 0 Å². The van der Waals surface area contributed by atoms with Crippen molar-refractivity contribution in [3.8, 4) is 0 Å². The largest absolute Gasteiger partial charge is 0.389 e. The molecule has 1 amide bonds. The fraction of sp³-hybridized carbons (Fsp3) is 0.533. The minimum Gasteiger partial charge on any atom is -0.389 e. The van der Waals surface area contributed by atoms with Gasteiger partial charge < -0.3 is 15.7 Å². The lowest BCUT2D eigenvalue weighted by molar-refractivity contribution is -0.116. The molecule has 19 heavy (non-hydrogen) atoms. The standard InChI is InChI=1S/C15H24N2O2/c1-11-8-6-7-9-12(11)17-13(18)10-16-14(2,3)15(4,5)19/h6-9,16,19H,10H2,1-5H3,(H,17,18). The molecule has 0 aliphatic carbocycles. The lowest BCUT2D eigenvalue weighted by Crippen LogP contribution is -2.57. The molecule has 0 bridgehead atoms. The summed E-state index contributed by atoms with van der Waals surface area (Å²) in [5.74, 6) is -0.119. The summed E-state index contributed by atoms with van der Waals surface area (Å²) in [7, 11) is 0. The van der Waals surface area contributed by atoms with Crippen LogP contribution in [-0.2, 0) is 4.79 Å². The molecule has 0 radical (unpaired) electrons. The van der Waals surface area contributed by atoms with Gasteiger partial charge in [0.05, 0.1) is 12.1 Å². The Kier molecular flexibility index (Phi) is 4.71. The second kappa shape index (κ2) is 5.72. The van der Waals surface area contributed by atoms with Crippen LogP contribution < -0.4 is 10.6 Å². The second-order valence-electron chi connectivity index (χ2n) is 5.90. The Morgan fingerprint density at radius 3 is 2.32 bits per heavy atom. The molecule has 3 N–H and O–H groups in total. The predicted molar refractivity (Wildman–Crippen MR) is 78.2 cm³/mol. The third-order valence-electron chi connectivity index (χ3n) is 3.64. The zero-order valence-corrected chi connectivity index (χ0v) is 12.4. The number of rotatable bonds is 5. The summed E-state index contributed by atoms with van der Waals surface area (Å²) in [4.78, 5) is 11.9. The van der Waals surface area contributed by atoms with Crippen molar-refractivity contribution >= 4 is 11.6 Å². The normalized spacial score (nSPS) is 12.3. The van der Waals surface area contributed by atoms with Gasteiger partial charge in [-0.05, 0) is 46.2 Å². The van der Waals surface area contributed by atoms with Crippen LogP contribution in [0.25, 0.3) is 0 Å². The zero-order valence-electron chi connectivity index (χ0n) is 12.4. The van der Waals surface area contributed by atoms with Crippen molar-refractivity contribution in [3.05, 3.63) is 29.8 Å². The number of benzene rings is 1. The van der Waals surface area contributed by atoms with E-state index in [0.29, 0.717) is 0 Å². The van der Waals surface area contributed by atoms with Gasteiger partial charge >= 0.3 is 0 Å². The molecule has 0 aromatic heterocycles. The van der Waals surface area contributed by atoms with Crippen molar-refractivity contribution in [2.45, 2.75) is 45.8 Å². The van der Waals surface area contributed by atoms with Crippen LogP contribution in [0.4, 0.5) is 5.69 Å². The molecular weight excluding hydrogens is 240 g/mol. The highest BCUT2D eigenvalue weighted by atomic mass is 16.3. The van der Waals surface area contributed by atoms with Gasteiger partial charge in [-0.2, -0.15) is 0 Å². The first-order chi connectivity index (χ1) is 8.63. The molecule has 0 atom stereocenters. The average Bonchev–Trinajstić information content (AvgIpc) is 2.28. The summed E-state index contributed by atoms with van der Waals surface area (Å²) in [6.45, 7) is 9.29. The Hall–Kier alpha value is -1.39. The number of para-hydroxylation sites is 1. The van der Waals surface area contributed by atoms with Gasteiger partial charge in [-0.3, -0.25) is 4.79 Å². The van der Waals surface area contributed by atoms with Crippen LogP contribution in [-0.4, -0.2) is 28.7 Å². The van der Waals surface area contributed by atoms with Crippen LogP contribution in [0.2, 0.25) is 0 Å².